The Morgan fingerprint density at radius 1 is 1.00 bits per heavy atom. The predicted molar refractivity (Wildman–Crippen MR) is 94.0 cm³/mol. The van der Waals surface area contributed by atoms with E-state index < -0.39 is 0 Å². The summed E-state index contributed by atoms with van der Waals surface area (Å²) in [7, 11) is -0.0807. The van der Waals surface area contributed by atoms with Gasteiger partial charge < -0.3 is 10.2 Å². The third-order valence-electron chi connectivity index (χ3n) is 5.34. The van der Waals surface area contributed by atoms with E-state index in [4.69, 9.17) is 0 Å². The first-order chi connectivity index (χ1) is 9.63. The second-order valence-electron chi connectivity index (χ2n) is 5.99. The van der Waals surface area contributed by atoms with Crippen molar-refractivity contribution in [2.75, 3.05) is 37.9 Å². The van der Waals surface area contributed by atoms with Crippen LogP contribution < -0.4 is 0 Å². The van der Waals surface area contributed by atoms with Gasteiger partial charge in [-0.05, 0) is 55.5 Å². The molecule has 0 aromatic heterocycles. The zero-order valence-corrected chi connectivity index (χ0v) is 15.6. The van der Waals surface area contributed by atoms with Gasteiger partial charge in [-0.1, -0.05) is 35.6 Å². The van der Waals surface area contributed by atoms with Crippen molar-refractivity contribution in [3.63, 3.8) is 0 Å². The van der Waals surface area contributed by atoms with Crippen LogP contribution in [0.2, 0.25) is 0 Å². The maximum atomic E-state index is 10.3. The van der Waals surface area contributed by atoms with Crippen molar-refractivity contribution in [3.05, 3.63) is 0 Å². The minimum atomic E-state index is -0.0814. The van der Waals surface area contributed by atoms with E-state index in [9.17, 15) is 10.2 Å². The highest BCUT2D eigenvalue weighted by Gasteiger charge is 2.48. The third-order valence-corrected chi connectivity index (χ3v) is 12.2. The zero-order valence-electron chi connectivity index (χ0n) is 13.8. The second kappa shape index (κ2) is 9.04. The number of hydrogen-bond acceptors (Lipinski definition) is 2. The lowest BCUT2D eigenvalue weighted by Crippen LogP contribution is -2.49. The fourth-order valence-electron chi connectivity index (χ4n) is 4.10. The van der Waals surface area contributed by atoms with Gasteiger partial charge in [-0.25, -0.2) is 0 Å². The van der Waals surface area contributed by atoms with Crippen molar-refractivity contribution in [1.29, 1.82) is 0 Å². The van der Waals surface area contributed by atoms with Gasteiger partial charge in [0.1, 0.15) is 0 Å². The van der Waals surface area contributed by atoms with E-state index in [2.05, 4.69) is 27.7 Å². The standard InChI is InChI=1S/C16H34O2P2/c1-5-19(6-2)15-11-14(12-17)9-10-16(15,13-18)20(7-3)8-4/h14-15,17-18H,5-13H2,1-4H3. The Morgan fingerprint density at radius 2 is 1.60 bits per heavy atom. The smallest absolute Gasteiger partial charge is 0.0532 e. The van der Waals surface area contributed by atoms with Crippen molar-refractivity contribution in [2.24, 2.45) is 5.92 Å². The van der Waals surface area contributed by atoms with E-state index in [1.165, 1.54) is 24.6 Å². The van der Waals surface area contributed by atoms with Crippen molar-refractivity contribution in [1.82, 2.24) is 0 Å². The van der Waals surface area contributed by atoms with E-state index in [-0.39, 0.29) is 21.0 Å². The Labute approximate surface area is 128 Å². The summed E-state index contributed by atoms with van der Waals surface area (Å²) in [6.45, 7) is 9.97. The number of rotatable bonds is 8. The van der Waals surface area contributed by atoms with Crippen LogP contribution in [-0.2, 0) is 0 Å². The van der Waals surface area contributed by atoms with Crippen LogP contribution >= 0.6 is 15.8 Å². The van der Waals surface area contributed by atoms with E-state index in [0.29, 0.717) is 24.8 Å². The van der Waals surface area contributed by atoms with Crippen LogP contribution in [0.25, 0.3) is 0 Å². The minimum absolute atomic E-state index is 0.000761. The molecule has 2 N–H and O–H groups in total. The van der Waals surface area contributed by atoms with Gasteiger partial charge in [0.05, 0.1) is 6.61 Å². The lowest BCUT2D eigenvalue weighted by molar-refractivity contribution is 0.147. The topological polar surface area (TPSA) is 40.5 Å². The maximum absolute atomic E-state index is 10.3. The summed E-state index contributed by atoms with van der Waals surface area (Å²) in [5.74, 6) is 0.480. The number of hydrogen-bond donors (Lipinski definition) is 2. The molecule has 1 rings (SSSR count). The lowest BCUT2D eigenvalue weighted by atomic mass is 9.81. The Hall–Kier alpha value is 0.780. The Balaban J connectivity index is 3.09. The molecule has 0 aromatic carbocycles. The fraction of sp³-hybridized carbons (Fsp3) is 1.00. The normalized spacial score (nSPS) is 31.2. The summed E-state index contributed by atoms with van der Waals surface area (Å²) in [6.07, 6.45) is 8.43. The molecule has 120 valence electrons. The zero-order chi connectivity index (χ0) is 15.2. The van der Waals surface area contributed by atoms with Gasteiger partial charge in [-0.2, -0.15) is 0 Å². The molecule has 0 saturated heterocycles. The molecule has 0 aromatic rings. The summed E-state index contributed by atoms with van der Waals surface area (Å²) >= 11 is 0. The molecule has 0 heterocycles. The fourth-order valence-corrected chi connectivity index (χ4v) is 10.8. The van der Waals surface area contributed by atoms with Gasteiger partial charge in [-0.3, -0.25) is 0 Å². The summed E-state index contributed by atoms with van der Waals surface area (Å²) in [4.78, 5) is 0. The highest BCUT2D eigenvalue weighted by Crippen LogP contribution is 2.64. The van der Waals surface area contributed by atoms with Crippen LogP contribution in [0.1, 0.15) is 47.0 Å². The molecule has 4 heteroatoms. The van der Waals surface area contributed by atoms with Gasteiger partial charge in [0, 0.05) is 11.8 Å². The molecule has 1 aliphatic rings. The number of aliphatic hydroxyl groups is 2. The highest BCUT2D eigenvalue weighted by atomic mass is 31.1. The van der Waals surface area contributed by atoms with E-state index in [1.54, 1.807) is 0 Å². The van der Waals surface area contributed by atoms with Crippen LogP contribution in [0.5, 0.6) is 0 Å². The molecular weight excluding hydrogens is 286 g/mol. The van der Waals surface area contributed by atoms with Crippen LogP contribution in [0.3, 0.4) is 0 Å². The first kappa shape index (κ1) is 18.8. The van der Waals surface area contributed by atoms with Gasteiger partial charge in [0.15, 0.2) is 0 Å². The Morgan fingerprint density at radius 3 is 2.00 bits per heavy atom. The average Bonchev–Trinajstić information content (AvgIpc) is 2.50. The van der Waals surface area contributed by atoms with Gasteiger partial charge in [-0.15, -0.1) is 7.92 Å². The van der Waals surface area contributed by atoms with Crippen LogP contribution in [0.15, 0.2) is 0 Å². The summed E-state index contributed by atoms with van der Waals surface area (Å²) in [5, 5.41) is 20.1. The average molecular weight is 320 g/mol. The monoisotopic (exact) mass is 320 g/mol. The summed E-state index contributed by atoms with van der Waals surface area (Å²) in [6, 6.07) is 0. The first-order valence-corrected chi connectivity index (χ1v) is 11.8. The Kier molecular flexibility index (Phi) is 8.51. The predicted octanol–water partition coefficient (Wildman–Crippen LogP) is 3.92. The largest absolute Gasteiger partial charge is 0.396 e. The molecule has 0 bridgehead atoms. The van der Waals surface area contributed by atoms with Crippen LogP contribution in [0.4, 0.5) is 0 Å². The lowest BCUT2D eigenvalue weighted by Gasteiger charge is -2.53. The van der Waals surface area contributed by atoms with Crippen LogP contribution in [0, 0.1) is 5.92 Å². The first-order valence-electron chi connectivity index (χ1n) is 8.34. The highest BCUT2D eigenvalue weighted by molar-refractivity contribution is 7.63. The summed E-state index contributed by atoms with van der Waals surface area (Å²) < 4.78 is 0. The second-order valence-corrected chi connectivity index (χ2v) is 12.3. The molecule has 0 aliphatic heterocycles. The van der Waals surface area contributed by atoms with Crippen LogP contribution in [-0.4, -0.2) is 58.9 Å². The Bertz CT molecular complexity index is 267. The van der Waals surface area contributed by atoms with Gasteiger partial charge >= 0.3 is 0 Å². The van der Waals surface area contributed by atoms with E-state index in [0.717, 1.165) is 19.3 Å². The molecule has 1 fully saturated rings. The van der Waals surface area contributed by atoms with Gasteiger partial charge in [0.25, 0.3) is 0 Å². The summed E-state index contributed by atoms with van der Waals surface area (Å²) in [5.41, 5.74) is 0.675. The van der Waals surface area contributed by atoms with Crippen molar-refractivity contribution < 1.29 is 10.2 Å². The quantitative estimate of drug-likeness (QED) is 0.666. The number of aliphatic hydroxyl groups excluding tert-OH is 2. The van der Waals surface area contributed by atoms with Crippen molar-refractivity contribution in [2.45, 2.75) is 57.8 Å². The molecule has 3 atom stereocenters. The molecule has 3 unspecified atom stereocenters. The van der Waals surface area contributed by atoms with Crippen molar-refractivity contribution >= 4 is 15.8 Å². The molecule has 0 radical (unpaired) electrons. The molecule has 0 spiro atoms. The molecule has 0 amide bonds. The van der Waals surface area contributed by atoms with Crippen molar-refractivity contribution in [3.8, 4) is 0 Å². The molecular formula is C16H34O2P2. The van der Waals surface area contributed by atoms with E-state index >= 15 is 0 Å². The SMILES string of the molecule is CCP(CC)C1CC(CO)CCC1(CO)P(CC)CC. The minimum Gasteiger partial charge on any atom is -0.396 e. The van der Waals surface area contributed by atoms with E-state index in [1.807, 2.05) is 0 Å². The maximum Gasteiger partial charge on any atom is 0.0532 e. The molecule has 2 nitrogen and oxygen atoms in total. The third kappa shape index (κ3) is 3.75. The molecule has 1 saturated carbocycles. The molecule has 1 aliphatic carbocycles. The molecule has 20 heavy (non-hydrogen) atoms. The van der Waals surface area contributed by atoms with Gasteiger partial charge in [0.2, 0.25) is 0 Å².